The Balaban J connectivity index is 2.94. The largest absolute Gasteiger partial charge is 0.398 e. The molecule has 0 heterocycles. The Kier molecular flexibility index (Phi) is 4.30. The lowest BCUT2D eigenvalue weighted by Crippen LogP contribution is -2.30. The highest BCUT2D eigenvalue weighted by Crippen LogP contribution is 2.01. The van der Waals surface area contributed by atoms with Crippen molar-refractivity contribution in [3.63, 3.8) is 0 Å². The summed E-state index contributed by atoms with van der Waals surface area (Å²) in [5.41, 5.74) is 3.01. The average Bonchev–Trinajstić information content (AvgIpc) is 2.27. The lowest BCUT2D eigenvalue weighted by Gasteiger charge is -2.04. The van der Waals surface area contributed by atoms with E-state index < -0.39 is 5.91 Å². The summed E-state index contributed by atoms with van der Waals surface area (Å²) in [6.07, 6.45) is 0. The third kappa shape index (κ3) is 3.07. The quantitative estimate of drug-likeness (QED) is 0.585. The normalized spacial score (nSPS) is 10.9. The molecule has 0 bridgehead atoms. The van der Waals surface area contributed by atoms with Crippen LogP contribution in [-0.4, -0.2) is 25.8 Å². The predicted molar refractivity (Wildman–Crippen MR) is 55.1 cm³/mol. The van der Waals surface area contributed by atoms with E-state index >= 15 is 0 Å². The molecule has 15 heavy (non-hydrogen) atoms. The van der Waals surface area contributed by atoms with Crippen LogP contribution in [-0.2, 0) is 14.5 Å². The van der Waals surface area contributed by atoms with E-state index in [1.807, 2.05) is 6.07 Å². The number of carbonyl (C=O) groups excluding carboxylic acids is 1. The molecule has 1 N–H and O–H groups in total. The fourth-order valence-corrected chi connectivity index (χ4v) is 1.05. The van der Waals surface area contributed by atoms with Crippen molar-refractivity contribution in [1.82, 2.24) is 5.48 Å². The van der Waals surface area contributed by atoms with Crippen molar-refractivity contribution in [1.29, 1.82) is 0 Å². The van der Waals surface area contributed by atoms with Crippen LogP contribution in [0.15, 0.2) is 35.5 Å². The number of benzene rings is 1. The minimum Gasteiger partial charge on any atom is -0.398 e. The van der Waals surface area contributed by atoms with Crippen LogP contribution in [0.4, 0.5) is 0 Å². The molecular formula is C10H12N2O3. The minimum absolute atomic E-state index is 0.167. The topological polar surface area (TPSA) is 59.9 Å². The van der Waals surface area contributed by atoms with E-state index in [9.17, 15) is 4.79 Å². The molecule has 1 aromatic rings. The number of amides is 1. The number of oxime groups is 1. The van der Waals surface area contributed by atoms with Crippen LogP contribution >= 0.6 is 0 Å². The van der Waals surface area contributed by atoms with Crippen LogP contribution < -0.4 is 5.48 Å². The highest BCUT2D eigenvalue weighted by atomic mass is 16.6. The molecule has 0 spiro atoms. The number of hydrogen-bond acceptors (Lipinski definition) is 4. The maximum absolute atomic E-state index is 11.5. The fraction of sp³-hybridized carbons (Fsp3) is 0.200. The number of nitrogens with zero attached hydrogens (tertiary/aromatic N) is 1. The van der Waals surface area contributed by atoms with Crippen LogP contribution in [0.1, 0.15) is 5.56 Å². The number of hydroxylamine groups is 1. The van der Waals surface area contributed by atoms with Gasteiger partial charge in [-0.2, -0.15) is 0 Å². The molecule has 0 aliphatic rings. The van der Waals surface area contributed by atoms with E-state index in [1.54, 1.807) is 24.3 Å². The molecule has 0 aliphatic heterocycles. The van der Waals surface area contributed by atoms with Crippen LogP contribution in [0.2, 0.25) is 0 Å². The van der Waals surface area contributed by atoms with Crippen molar-refractivity contribution >= 4 is 11.6 Å². The van der Waals surface area contributed by atoms with Gasteiger partial charge in [-0.3, -0.25) is 9.63 Å². The lowest BCUT2D eigenvalue weighted by molar-refractivity contribution is -0.124. The first-order valence-electron chi connectivity index (χ1n) is 4.29. The summed E-state index contributed by atoms with van der Waals surface area (Å²) < 4.78 is 0. The van der Waals surface area contributed by atoms with Crippen molar-refractivity contribution in [3.05, 3.63) is 35.9 Å². The summed E-state index contributed by atoms with van der Waals surface area (Å²) >= 11 is 0. The van der Waals surface area contributed by atoms with Crippen molar-refractivity contribution in [2.75, 3.05) is 14.2 Å². The monoisotopic (exact) mass is 208 g/mol. The molecule has 0 fully saturated rings. The zero-order valence-corrected chi connectivity index (χ0v) is 8.56. The standard InChI is InChI=1S/C10H12N2O3/c1-14-11-9(10(13)12-15-2)8-6-4-3-5-7-8/h3-7H,1-2H3,(H,12,13)/b11-9+. The van der Waals surface area contributed by atoms with Gasteiger partial charge in [0.2, 0.25) is 0 Å². The van der Waals surface area contributed by atoms with E-state index in [2.05, 4.69) is 20.3 Å². The summed E-state index contributed by atoms with van der Waals surface area (Å²) in [5, 5.41) is 3.64. The van der Waals surface area contributed by atoms with Crippen molar-refractivity contribution in [3.8, 4) is 0 Å². The van der Waals surface area contributed by atoms with Crippen LogP contribution in [0.25, 0.3) is 0 Å². The second-order valence-corrected chi connectivity index (χ2v) is 2.62. The summed E-state index contributed by atoms with van der Waals surface area (Å²) in [4.78, 5) is 20.6. The van der Waals surface area contributed by atoms with Crippen LogP contribution in [0.5, 0.6) is 0 Å². The molecule has 5 heteroatoms. The Labute approximate surface area is 87.6 Å². The third-order valence-electron chi connectivity index (χ3n) is 1.64. The van der Waals surface area contributed by atoms with Crippen molar-refractivity contribution < 1.29 is 14.5 Å². The maximum atomic E-state index is 11.5. The highest BCUT2D eigenvalue weighted by Gasteiger charge is 2.14. The second kappa shape index (κ2) is 5.77. The van der Waals surface area contributed by atoms with E-state index in [4.69, 9.17) is 0 Å². The van der Waals surface area contributed by atoms with E-state index in [0.717, 1.165) is 0 Å². The molecule has 1 aromatic carbocycles. The third-order valence-corrected chi connectivity index (χ3v) is 1.64. The van der Waals surface area contributed by atoms with Gasteiger partial charge in [-0.05, 0) is 0 Å². The van der Waals surface area contributed by atoms with Gasteiger partial charge in [-0.15, -0.1) is 0 Å². The Hall–Kier alpha value is -1.88. The number of nitrogens with one attached hydrogen (secondary N) is 1. The molecule has 0 aromatic heterocycles. The fourth-order valence-electron chi connectivity index (χ4n) is 1.05. The molecule has 0 aliphatic carbocycles. The summed E-state index contributed by atoms with van der Waals surface area (Å²) in [7, 11) is 2.73. The molecule has 1 rings (SSSR count). The van der Waals surface area contributed by atoms with Gasteiger partial charge >= 0.3 is 0 Å². The molecule has 0 radical (unpaired) electrons. The second-order valence-electron chi connectivity index (χ2n) is 2.62. The molecule has 0 unspecified atom stereocenters. The Morgan fingerprint density at radius 2 is 1.93 bits per heavy atom. The van der Waals surface area contributed by atoms with E-state index in [-0.39, 0.29) is 5.71 Å². The summed E-state index contributed by atoms with van der Waals surface area (Å²) in [6.45, 7) is 0. The highest BCUT2D eigenvalue weighted by molar-refractivity contribution is 6.44. The van der Waals surface area contributed by atoms with Gasteiger partial charge in [0.25, 0.3) is 5.91 Å². The van der Waals surface area contributed by atoms with Crippen LogP contribution in [0, 0.1) is 0 Å². The maximum Gasteiger partial charge on any atom is 0.297 e. The Bertz CT molecular complexity index is 349. The summed E-state index contributed by atoms with van der Waals surface area (Å²) in [6, 6.07) is 8.98. The lowest BCUT2D eigenvalue weighted by atomic mass is 10.1. The number of hydrogen-bond donors (Lipinski definition) is 1. The first-order chi connectivity index (χ1) is 7.29. The molecule has 0 atom stereocenters. The predicted octanol–water partition coefficient (Wildman–Crippen LogP) is 0.715. The van der Waals surface area contributed by atoms with E-state index in [0.29, 0.717) is 5.56 Å². The van der Waals surface area contributed by atoms with Gasteiger partial charge in [-0.25, -0.2) is 5.48 Å². The van der Waals surface area contributed by atoms with Crippen LogP contribution in [0.3, 0.4) is 0 Å². The minimum atomic E-state index is -0.453. The van der Waals surface area contributed by atoms with Crippen molar-refractivity contribution in [2.45, 2.75) is 0 Å². The van der Waals surface area contributed by atoms with Gasteiger partial charge in [-0.1, -0.05) is 35.5 Å². The Morgan fingerprint density at radius 3 is 2.47 bits per heavy atom. The summed E-state index contributed by atoms with van der Waals surface area (Å²) in [5.74, 6) is -0.453. The molecule has 5 nitrogen and oxygen atoms in total. The molecule has 1 amide bonds. The van der Waals surface area contributed by atoms with Crippen molar-refractivity contribution in [2.24, 2.45) is 5.16 Å². The van der Waals surface area contributed by atoms with Gasteiger partial charge < -0.3 is 4.84 Å². The van der Waals surface area contributed by atoms with Gasteiger partial charge in [0, 0.05) is 5.56 Å². The Morgan fingerprint density at radius 1 is 1.27 bits per heavy atom. The molecular weight excluding hydrogens is 196 g/mol. The van der Waals surface area contributed by atoms with Gasteiger partial charge in [0.15, 0.2) is 5.71 Å². The first-order valence-corrected chi connectivity index (χ1v) is 4.29. The zero-order chi connectivity index (χ0) is 11.1. The smallest absolute Gasteiger partial charge is 0.297 e. The number of carbonyl (C=O) groups is 1. The average molecular weight is 208 g/mol. The molecule has 0 saturated carbocycles. The van der Waals surface area contributed by atoms with Gasteiger partial charge in [0.05, 0.1) is 7.11 Å². The van der Waals surface area contributed by atoms with E-state index in [1.165, 1.54) is 14.2 Å². The zero-order valence-electron chi connectivity index (χ0n) is 8.56. The SMILES string of the molecule is CO/N=C(/C(=O)NOC)c1ccccc1. The molecule has 0 saturated heterocycles. The van der Waals surface area contributed by atoms with Gasteiger partial charge in [0.1, 0.15) is 7.11 Å². The first kappa shape index (κ1) is 11.2. The molecule has 80 valence electrons. The number of rotatable bonds is 4.